The van der Waals surface area contributed by atoms with Gasteiger partial charge in [0.15, 0.2) is 5.78 Å². The Morgan fingerprint density at radius 1 is 1.21 bits per heavy atom. The minimum Gasteiger partial charge on any atom is -0.435 e. The topological polar surface area (TPSA) is 60.4 Å². The highest BCUT2D eigenvalue weighted by Crippen LogP contribution is 2.65. The van der Waals surface area contributed by atoms with Crippen LogP contribution in [0.5, 0.6) is 0 Å². The first-order valence-corrected chi connectivity index (χ1v) is 11.5. The van der Waals surface area contributed by atoms with Crippen molar-refractivity contribution in [3.63, 3.8) is 0 Å². The molecule has 4 rings (SSSR count). The Hall–Kier alpha value is -1.71. The SMILES string of the molecule is CCCC(=O)OC=C1C[C@H]2[C@@H]3CCC4=CC(=O)CC[C@@H]4[C@H]3CC[C@]2(C)[C@H]1C(C)=O. The van der Waals surface area contributed by atoms with Gasteiger partial charge in [0.2, 0.25) is 0 Å². The average molecular weight is 399 g/mol. The summed E-state index contributed by atoms with van der Waals surface area (Å²) in [5.74, 6) is 2.41. The van der Waals surface area contributed by atoms with Crippen molar-refractivity contribution in [1.29, 1.82) is 0 Å². The summed E-state index contributed by atoms with van der Waals surface area (Å²) in [6, 6.07) is 0. The van der Waals surface area contributed by atoms with Crippen molar-refractivity contribution in [3.8, 4) is 0 Å². The highest BCUT2D eigenvalue weighted by Gasteiger charge is 2.59. The molecule has 0 heterocycles. The molecule has 158 valence electrons. The lowest BCUT2D eigenvalue weighted by Crippen LogP contribution is -2.47. The maximum Gasteiger partial charge on any atom is 0.310 e. The molecule has 0 aromatic rings. The number of rotatable bonds is 4. The molecule has 4 heteroatoms. The second-order valence-corrected chi connectivity index (χ2v) is 10.0. The van der Waals surface area contributed by atoms with Crippen LogP contribution < -0.4 is 0 Å². The van der Waals surface area contributed by atoms with Crippen molar-refractivity contribution in [3.05, 3.63) is 23.5 Å². The van der Waals surface area contributed by atoms with Crippen LogP contribution >= 0.6 is 0 Å². The quantitative estimate of drug-likeness (QED) is 0.484. The molecule has 0 bridgehead atoms. The van der Waals surface area contributed by atoms with Crippen LogP contribution in [-0.2, 0) is 19.1 Å². The van der Waals surface area contributed by atoms with Crippen LogP contribution in [0.4, 0.5) is 0 Å². The van der Waals surface area contributed by atoms with Crippen molar-refractivity contribution in [2.45, 2.75) is 78.6 Å². The third-order valence-electron chi connectivity index (χ3n) is 8.43. The van der Waals surface area contributed by atoms with Gasteiger partial charge in [-0.25, -0.2) is 0 Å². The fraction of sp³-hybridized carbons (Fsp3) is 0.720. The van der Waals surface area contributed by atoms with Crippen molar-refractivity contribution in [1.82, 2.24) is 0 Å². The number of carbonyl (C=O) groups is 3. The standard InChI is InChI=1S/C25H34O4/c1-4-5-23(28)29-14-17-13-22-21-8-6-16-12-18(27)7-9-19(16)20(21)10-11-25(22,3)24(17)15(2)26/h12,14,19-22,24H,4-11,13H2,1-3H3/t19-,20+,21+,22-,24-,25-/m0/s1. The van der Waals surface area contributed by atoms with Gasteiger partial charge in [0.25, 0.3) is 0 Å². The molecule has 0 aliphatic heterocycles. The summed E-state index contributed by atoms with van der Waals surface area (Å²) in [4.78, 5) is 36.5. The molecule has 0 spiro atoms. The van der Waals surface area contributed by atoms with Gasteiger partial charge < -0.3 is 4.74 Å². The van der Waals surface area contributed by atoms with E-state index in [2.05, 4.69) is 6.92 Å². The molecular formula is C25H34O4. The highest BCUT2D eigenvalue weighted by molar-refractivity contribution is 5.91. The zero-order valence-electron chi connectivity index (χ0n) is 18.0. The van der Waals surface area contributed by atoms with Gasteiger partial charge in [-0.1, -0.05) is 19.4 Å². The lowest BCUT2D eigenvalue weighted by Gasteiger charge is -2.53. The third-order valence-corrected chi connectivity index (χ3v) is 8.43. The van der Waals surface area contributed by atoms with Crippen molar-refractivity contribution in [2.75, 3.05) is 0 Å². The van der Waals surface area contributed by atoms with Gasteiger partial charge in [0, 0.05) is 18.8 Å². The van der Waals surface area contributed by atoms with Crippen LogP contribution in [0.15, 0.2) is 23.5 Å². The van der Waals surface area contributed by atoms with E-state index in [-0.39, 0.29) is 23.1 Å². The Bertz CT molecular complexity index is 776. The Balaban J connectivity index is 1.60. The van der Waals surface area contributed by atoms with Crippen LogP contribution in [0.2, 0.25) is 0 Å². The number of Topliss-reactive ketones (excluding diaryl/α,β-unsaturated/α-hetero) is 1. The van der Waals surface area contributed by atoms with E-state index in [0.29, 0.717) is 42.3 Å². The Labute approximate surface area is 174 Å². The fourth-order valence-electron chi connectivity index (χ4n) is 7.31. The van der Waals surface area contributed by atoms with Gasteiger partial charge in [-0.2, -0.15) is 0 Å². The predicted octanol–water partition coefficient (Wildman–Crippen LogP) is 5.17. The molecule has 0 radical (unpaired) electrons. The summed E-state index contributed by atoms with van der Waals surface area (Å²) in [5.41, 5.74) is 2.37. The van der Waals surface area contributed by atoms with Gasteiger partial charge in [-0.3, -0.25) is 14.4 Å². The van der Waals surface area contributed by atoms with Gasteiger partial charge >= 0.3 is 5.97 Å². The molecule has 0 N–H and O–H groups in total. The van der Waals surface area contributed by atoms with Gasteiger partial charge in [-0.05, 0) is 92.6 Å². The molecule has 0 unspecified atom stereocenters. The molecule has 3 saturated carbocycles. The smallest absolute Gasteiger partial charge is 0.310 e. The van der Waals surface area contributed by atoms with Gasteiger partial charge in [-0.15, -0.1) is 0 Å². The lowest BCUT2D eigenvalue weighted by atomic mass is 9.51. The normalized spacial score (nSPS) is 40.0. The number of allylic oxidation sites excluding steroid dienone is 2. The van der Waals surface area contributed by atoms with E-state index in [1.165, 1.54) is 5.57 Å². The first kappa shape index (κ1) is 20.6. The summed E-state index contributed by atoms with van der Waals surface area (Å²) in [6.07, 6.45) is 11.6. The number of fused-ring (bicyclic) bond motifs is 5. The number of ketones is 2. The summed E-state index contributed by atoms with van der Waals surface area (Å²) in [6.45, 7) is 5.95. The molecule has 29 heavy (non-hydrogen) atoms. The summed E-state index contributed by atoms with van der Waals surface area (Å²) >= 11 is 0. The molecule has 3 fully saturated rings. The molecule has 0 aromatic heterocycles. The van der Waals surface area contributed by atoms with E-state index in [1.807, 2.05) is 13.0 Å². The number of ether oxygens (including phenoxy) is 1. The van der Waals surface area contributed by atoms with Crippen molar-refractivity contribution >= 4 is 17.5 Å². The number of carbonyl (C=O) groups excluding carboxylic acids is 3. The van der Waals surface area contributed by atoms with E-state index in [4.69, 9.17) is 4.74 Å². The second-order valence-electron chi connectivity index (χ2n) is 10.0. The fourth-order valence-corrected chi connectivity index (χ4v) is 7.31. The van der Waals surface area contributed by atoms with Gasteiger partial charge in [0.05, 0.1) is 6.26 Å². The van der Waals surface area contributed by atoms with E-state index in [9.17, 15) is 14.4 Å². The van der Waals surface area contributed by atoms with Crippen molar-refractivity contribution in [2.24, 2.45) is 35.0 Å². The molecule has 0 aromatic carbocycles. The van der Waals surface area contributed by atoms with Crippen LogP contribution in [0.25, 0.3) is 0 Å². The largest absolute Gasteiger partial charge is 0.435 e. The van der Waals surface area contributed by atoms with Crippen LogP contribution in [0, 0.1) is 35.0 Å². The first-order chi connectivity index (χ1) is 13.8. The minimum absolute atomic E-state index is 0.0400. The zero-order chi connectivity index (χ0) is 20.8. The monoisotopic (exact) mass is 398 g/mol. The van der Waals surface area contributed by atoms with Crippen molar-refractivity contribution < 1.29 is 19.1 Å². The molecule has 4 aliphatic rings. The maximum atomic E-state index is 12.7. The zero-order valence-corrected chi connectivity index (χ0v) is 18.0. The predicted molar refractivity (Wildman–Crippen MR) is 111 cm³/mol. The molecule has 4 nitrogen and oxygen atoms in total. The number of esters is 1. The summed E-state index contributed by atoms with van der Waals surface area (Å²) in [7, 11) is 0. The van der Waals surface area contributed by atoms with Gasteiger partial charge in [0.1, 0.15) is 5.78 Å². The minimum atomic E-state index is -0.209. The Morgan fingerprint density at radius 3 is 2.72 bits per heavy atom. The van der Waals surface area contributed by atoms with Crippen LogP contribution in [-0.4, -0.2) is 17.5 Å². The number of hydrogen-bond donors (Lipinski definition) is 0. The molecule has 0 amide bonds. The highest BCUT2D eigenvalue weighted by atomic mass is 16.5. The van der Waals surface area contributed by atoms with E-state index in [1.54, 1.807) is 13.2 Å². The van der Waals surface area contributed by atoms with Crippen LogP contribution in [0.3, 0.4) is 0 Å². The Morgan fingerprint density at radius 2 is 2.00 bits per heavy atom. The lowest BCUT2D eigenvalue weighted by molar-refractivity contribution is -0.138. The first-order valence-electron chi connectivity index (χ1n) is 11.5. The summed E-state index contributed by atoms with van der Waals surface area (Å²) < 4.78 is 5.43. The molecule has 6 atom stereocenters. The molecular weight excluding hydrogens is 364 g/mol. The van der Waals surface area contributed by atoms with E-state index < -0.39 is 0 Å². The summed E-state index contributed by atoms with van der Waals surface area (Å²) in [5, 5.41) is 0. The molecule has 4 aliphatic carbocycles. The Kier molecular flexibility index (Phi) is 5.56. The average Bonchev–Trinajstić information content (AvgIpc) is 2.98. The van der Waals surface area contributed by atoms with E-state index >= 15 is 0 Å². The third kappa shape index (κ3) is 3.53. The molecule has 0 saturated heterocycles. The maximum absolute atomic E-state index is 12.7. The van der Waals surface area contributed by atoms with Crippen LogP contribution in [0.1, 0.15) is 78.6 Å². The number of hydrogen-bond acceptors (Lipinski definition) is 4. The second kappa shape index (κ2) is 7.85. The van der Waals surface area contributed by atoms with E-state index in [0.717, 1.165) is 50.5 Å².